The first-order valence-corrected chi connectivity index (χ1v) is 5.92. The molecular weight excluding hydrogens is 266 g/mol. The zero-order chi connectivity index (χ0) is 13.8. The molecule has 5 heteroatoms. The van der Waals surface area contributed by atoms with Gasteiger partial charge in [-0.05, 0) is 42.5 Å². The first-order valence-electron chi connectivity index (χ1n) is 5.54. The van der Waals surface area contributed by atoms with E-state index in [1.54, 1.807) is 24.3 Å². The van der Waals surface area contributed by atoms with Crippen LogP contribution in [0.3, 0.4) is 0 Å². The Morgan fingerprint density at radius 2 is 1.89 bits per heavy atom. The lowest BCUT2D eigenvalue weighted by Gasteiger charge is -2.07. The number of halogens is 1. The minimum absolute atomic E-state index is 0.144. The van der Waals surface area contributed by atoms with Crippen molar-refractivity contribution in [3.63, 3.8) is 0 Å². The first kappa shape index (κ1) is 13.2. The number of aromatic hydroxyl groups is 1. The summed E-state index contributed by atoms with van der Waals surface area (Å²) < 4.78 is 5.02. The highest BCUT2D eigenvalue weighted by Crippen LogP contribution is 2.25. The molecule has 0 spiro atoms. The third-order valence-electron chi connectivity index (χ3n) is 2.54. The fourth-order valence-electron chi connectivity index (χ4n) is 1.56. The Labute approximate surface area is 115 Å². The number of rotatable bonds is 3. The number of hydrogen-bond donors (Lipinski definition) is 2. The molecule has 2 aromatic carbocycles. The molecule has 0 aliphatic rings. The zero-order valence-electron chi connectivity index (χ0n) is 10.2. The van der Waals surface area contributed by atoms with E-state index in [9.17, 15) is 4.79 Å². The normalized spacial score (nSPS) is 10.0. The van der Waals surface area contributed by atoms with Crippen LogP contribution in [0, 0.1) is 0 Å². The van der Waals surface area contributed by atoms with E-state index in [1.807, 2.05) is 0 Å². The third kappa shape index (κ3) is 3.17. The maximum absolute atomic E-state index is 12.0. The number of anilines is 1. The van der Waals surface area contributed by atoms with Gasteiger partial charge in [0.1, 0.15) is 11.5 Å². The van der Waals surface area contributed by atoms with Crippen molar-refractivity contribution in [3.8, 4) is 11.5 Å². The summed E-state index contributed by atoms with van der Waals surface area (Å²) in [5.74, 6) is 0.378. The monoisotopic (exact) mass is 277 g/mol. The molecule has 1 amide bonds. The van der Waals surface area contributed by atoms with Crippen molar-refractivity contribution >= 4 is 23.2 Å². The maximum Gasteiger partial charge on any atom is 0.255 e. The van der Waals surface area contributed by atoms with Gasteiger partial charge in [0.15, 0.2) is 0 Å². The van der Waals surface area contributed by atoms with Gasteiger partial charge >= 0.3 is 0 Å². The SMILES string of the molecule is COc1ccc(C(=O)Nc2ccc(O)cc2)cc1Cl. The average molecular weight is 278 g/mol. The highest BCUT2D eigenvalue weighted by Gasteiger charge is 2.09. The number of hydrogen-bond acceptors (Lipinski definition) is 3. The van der Waals surface area contributed by atoms with Gasteiger partial charge in [0.05, 0.1) is 12.1 Å². The molecule has 4 nitrogen and oxygen atoms in total. The number of phenolic OH excluding ortho intramolecular Hbond substituents is 1. The van der Waals surface area contributed by atoms with Gasteiger partial charge in [-0.3, -0.25) is 4.79 Å². The van der Waals surface area contributed by atoms with E-state index in [-0.39, 0.29) is 11.7 Å². The van der Waals surface area contributed by atoms with Gasteiger partial charge in [0.25, 0.3) is 5.91 Å². The molecular formula is C14H12ClNO3. The maximum atomic E-state index is 12.0. The smallest absolute Gasteiger partial charge is 0.255 e. The summed E-state index contributed by atoms with van der Waals surface area (Å²) in [6.07, 6.45) is 0. The second kappa shape index (κ2) is 5.63. The second-order valence-corrected chi connectivity index (χ2v) is 4.26. The van der Waals surface area contributed by atoms with E-state index in [0.717, 1.165) is 0 Å². The number of carbonyl (C=O) groups is 1. The van der Waals surface area contributed by atoms with Crippen LogP contribution in [0.1, 0.15) is 10.4 Å². The van der Waals surface area contributed by atoms with Crippen molar-refractivity contribution in [2.45, 2.75) is 0 Å². The molecule has 0 atom stereocenters. The second-order valence-electron chi connectivity index (χ2n) is 3.85. The lowest BCUT2D eigenvalue weighted by Crippen LogP contribution is -2.11. The zero-order valence-corrected chi connectivity index (χ0v) is 10.9. The van der Waals surface area contributed by atoms with Crippen LogP contribution in [0.5, 0.6) is 11.5 Å². The molecule has 2 rings (SSSR count). The van der Waals surface area contributed by atoms with Crippen molar-refractivity contribution in [2.75, 3.05) is 12.4 Å². The molecule has 98 valence electrons. The topological polar surface area (TPSA) is 58.6 Å². The van der Waals surface area contributed by atoms with Crippen molar-refractivity contribution in [3.05, 3.63) is 53.1 Å². The molecule has 0 bridgehead atoms. The summed E-state index contributed by atoms with van der Waals surface area (Å²) in [6, 6.07) is 11.0. The Bertz CT molecular complexity index is 596. The number of ether oxygens (including phenoxy) is 1. The highest BCUT2D eigenvalue weighted by molar-refractivity contribution is 6.32. The Morgan fingerprint density at radius 1 is 1.21 bits per heavy atom. The molecule has 0 aromatic heterocycles. The van der Waals surface area contributed by atoms with Gasteiger partial charge in [0, 0.05) is 11.3 Å². The van der Waals surface area contributed by atoms with Crippen LogP contribution in [0.15, 0.2) is 42.5 Å². The Morgan fingerprint density at radius 3 is 2.47 bits per heavy atom. The lowest BCUT2D eigenvalue weighted by molar-refractivity contribution is 0.102. The predicted octanol–water partition coefficient (Wildman–Crippen LogP) is 3.31. The molecule has 0 aliphatic heterocycles. The Balaban J connectivity index is 2.16. The summed E-state index contributed by atoms with van der Waals surface area (Å²) in [5.41, 5.74) is 1.02. The summed E-state index contributed by atoms with van der Waals surface area (Å²) in [7, 11) is 1.51. The molecule has 0 unspecified atom stereocenters. The van der Waals surface area contributed by atoms with Gasteiger partial charge in [-0.2, -0.15) is 0 Å². The van der Waals surface area contributed by atoms with Crippen molar-refractivity contribution < 1.29 is 14.6 Å². The number of amides is 1. The van der Waals surface area contributed by atoms with E-state index in [4.69, 9.17) is 21.4 Å². The van der Waals surface area contributed by atoms with E-state index in [2.05, 4.69) is 5.32 Å². The number of nitrogens with one attached hydrogen (secondary N) is 1. The molecule has 0 heterocycles. The van der Waals surface area contributed by atoms with E-state index in [0.29, 0.717) is 22.0 Å². The quantitative estimate of drug-likeness (QED) is 0.846. The standard InChI is InChI=1S/C14H12ClNO3/c1-19-13-7-2-9(8-12(13)15)14(18)16-10-3-5-11(17)6-4-10/h2-8,17H,1H3,(H,16,18). The van der Waals surface area contributed by atoms with Gasteiger partial charge < -0.3 is 15.2 Å². The molecule has 2 aromatic rings. The molecule has 0 aliphatic carbocycles. The third-order valence-corrected chi connectivity index (χ3v) is 2.83. The van der Waals surface area contributed by atoms with Gasteiger partial charge in [-0.1, -0.05) is 11.6 Å². The largest absolute Gasteiger partial charge is 0.508 e. The van der Waals surface area contributed by atoms with Crippen molar-refractivity contribution in [1.29, 1.82) is 0 Å². The van der Waals surface area contributed by atoms with Gasteiger partial charge in [-0.25, -0.2) is 0 Å². The van der Waals surface area contributed by atoms with Gasteiger partial charge in [-0.15, -0.1) is 0 Å². The number of phenols is 1. The number of carbonyl (C=O) groups excluding carboxylic acids is 1. The summed E-state index contributed by atoms with van der Waals surface area (Å²) in [4.78, 5) is 12.0. The molecule has 0 saturated heterocycles. The van der Waals surface area contributed by atoms with Crippen LogP contribution in [-0.2, 0) is 0 Å². The van der Waals surface area contributed by atoms with Crippen LogP contribution in [0.2, 0.25) is 5.02 Å². The minimum atomic E-state index is -0.282. The lowest BCUT2D eigenvalue weighted by atomic mass is 10.2. The predicted molar refractivity (Wildman–Crippen MR) is 74.1 cm³/mol. The van der Waals surface area contributed by atoms with Crippen LogP contribution < -0.4 is 10.1 Å². The van der Waals surface area contributed by atoms with E-state index in [1.165, 1.54) is 25.3 Å². The molecule has 2 N–H and O–H groups in total. The van der Waals surface area contributed by atoms with Crippen LogP contribution in [0.25, 0.3) is 0 Å². The minimum Gasteiger partial charge on any atom is -0.508 e. The number of benzene rings is 2. The molecule has 0 fully saturated rings. The summed E-state index contributed by atoms with van der Waals surface area (Å²) >= 11 is 5.96. The van der Waals surface area contributed by atoms with E-state index < -0.39 is 0 Å². The first-order chi connectivity index (χ1) is 9.10. The fraction of sp³-hybridized carbons (Fsp3) is 0.0714. The number of methoxy groups -OCH3 is 1. The van der Waals surface area contributed by atoms with Crippen molar-refractivity contribution in [2.24, 2.45) is 0 Å². The average Bonchev–Trinajstić information content (AvgIpc) is 2.41. The van der Waals surface area contributed by atoms with Gasteiger partial charge in [0.2, 0.25) is 0 Å². The van der Waals surface area contributed by atoms with Crippen LogP contribution >= 0.6 is 11.6 Å². The molecule has 0 saturated carbocycles. The van der Waals surface area contributed by atoms with Crippen molar-refractivity contribution in [1.82, 2.24) is 0 Å². The molecule has 0 radical (unpaired) electrons. The Hall–Kier alpha value is -2.20. The van der Waals surface area contributed by atoms with Crippen LogP contribution in [0.4, 0.5) is 5.69 Å². The van der Waals surface area contributed by atoms with Crippen LogP contribution in [-0.4, -0.2) is 18.1 Å². The Kier molecular flexibility index (Phi) is 3.92. The fourth-order valence-corrected chi connectivity index (χ4v) is 1.81. The highest BCUT2D eigenvalue weighted by atomic mass is 35.5. The summed E-state index contributed by atoms with van der Waals surface area (Å²) in [6.45, 7) is 0. The molecule has 19 heavy (non-hydrogen) atoms. The summed E-state index contributed by atoms with van der Waals surface area (Å²) in [5, 5.41) is 12.2. The van der Waals surface area contributed by atoms with E-state index >= 15 is 0 Å².